The van der Waals surface area contributed by atoms with E-state index in [2.05, 4.69) is 9.97 Å². The van der Waals surface area contributed by atoms with Gasteiger partial charge in [-0.15, -0.1) is 0 Å². The second kappa shape index (κ2) is 7.63. The summed E-state index contributed by atoms with van der Waals surface area (Å²) in [4.78, 5) is 8.17. The van der Waals surface area contributed by atoms with Gasteiger partial charge in [0.05, 0.1) is 5.75 Å². The summed E-state index contributed by atoms with van der Waals surface area (Å²) in [6.45, 7) is 2.33. The second-order valence-corrected chi connectivity index (χ2v) is 8.16. The molecule has 1 saturated heterocycles. The molecule has 1 aliphatic heterocycles. The van der Waals surface area contributed by atoms with Crippen LogP contribution in [0.2, 0.25) is 0 Å². The number of ether oxygens (including phenoxy) is 1. The van der Waals surface area contributed by atoms with E-state index in [1.54, 1.807) is 19.2 Å². The number of hydrogen-bond donors (Lipinski definition) is 0. The van der Waals surface area contributed by atoms with Crippen molar-refractivity contribution >= 4 is 10.0 Å². The normalized spacial score (nSPS) is 16.6. The van der Waals surface area contributed by atoms with E-state index in [1.807, 2.05) is 0 Å². The standard InChI is InChI=1S/C17H19F2N3O3S/c1-12-20-5-2-17(21-12)25-16-3-6-22(7-4-16)26(23,24)11-13-8-14(18)10-15(19)9-13/h2,5,8-10,16H,3-4,6-7,11H2,1H3. The minimum Gasteiger partial charge on any atom is -0.474 e. The maximum absolute atomic E-state index is 13.3. The number of sulfonamides is 1. The molecule has 0 amide bonds. The van der Waals surface area contributed by atoms with Crippen LogP contribution < -0.4 is 4.74 Å². The van der Waals surface area contributed by atoms with Crippen molar-refractivity contribution in [3.63, 3.8) is 0 Å². The van der Waals surface area contributed by atoms with Crippen LogP contribution in [-0.4, -0.2) is 41.9 Å². The Labute approximate surface area is 150 Å². The van der Waals surface area contributed by atoms with Gasteiger partial charge in [0.15, 0.2) is 0 Å². The van der Waals surface area contributed by atoms with Crippen LogP contribution in [0.3, 0.4) is 0 Å². The molecule has 26 heavy (non-hydrogen) atoms. The van der Waals surface area contributed by atoms with E-state index in [0.717, 1.165) is 12.1 Å². The zero-order valence-electron chi connectivity index (χ0n) is 14.2. The minimum absolute atomic E-state index is 0.0948. The van der Waals surface area contributed by atoms with Gasteiger partial charge in [-0.3, -0.25) is 0 Å². The zero-order chi connectivity index (χ0) is 18.7. The average Bonchev–Trinajstić information content (AvgIpc) is 2.54. The molecule has 1 aromatic heterocycles. The molecule has 9 heteroatoms. The molecule has 0 atom stereocenters. The van der Waals surface area contributed by atoms with Crippen LogP contribution in [0.1, 0.15) is 24.2 Å². The van der Waals surface area contributed by atoms with Crippen molar-refractivity contribution in [2.45, 2.75) is 31.6 Å². The van der Waals surface area contributed by atoms with Crippen LogP contribution in [0.15, 0.2) is 30.5 Å². The number of hydrogen-bond acceptors (Lipinski definition) is 5. The molecule has 3 rings (SSSR count). The molecule has 0 unspecified atom stereocenters. The number of nitrogens with zero attached hydrogens (tertiary/aromatic N) is 3. The third kappa shape index (κ3) is 4.73. The summed E-state index contributed by atoms with van der Waals surface area (Å²) in [5.74, 6) is -0.943. The first-order valence-electron chi connectivity index (χ1n) is 8.21. The number of piperidine rings is 1. The Morgan fingerprint density at radius 2 is 1.85 bits per heavy atom. The highest BCUT2D eigenvalue weighted by molar-refractivity contribution is 7.88. The molecule has 0 spiro atoms. The molecule has 2 heterocycles. The fourth-order valence-corrected chi connectivity index (χ4v) is 4.43. The molecule has 1 fully saturated rings. The maximum Gasteiger partial charge on any atom is 0.218 e. The Hall–Kier alpha value is -2.13. The Kier molecular flexibility index (Phi) is 5.47. The molecule has 140 valence electrons. The highest BCUT2D eigenvalue weighted by Gasteiger charge is 2.29. The quantitative estimate of drug-likeness (QED) is 0.793. The molecule has 1 aromatic carbocycles. The first kappa shape index (κ1) is 18.7. The van der Waals surface area contributed by atoms with Crippen LogP contribution in [0.25, 0.3) is 0 Å². The highest BCUT2D eigenvalue weighted by atomic mass is 32.2. The molecule has 0 radical (unpaired) electrons. The number of aryl methyl sites for hydroxylation is 1. The van der Waals surface area contributed by atoms with Gasteiger partial charge in [-0.1, -0.05) is 0 Å². The summed E-state index contributed by atoms with van der Waals surface area (Å²) in [6, 6.07) is 4.45. The predicted molar refractivity (Wildman–Crippen MR) is 91.0 cm³/mol. The van der Waals surface area contributed by atoms with Crippen molar-refractivity contribution in [2.24, 2.45) is 0 Å². The summed E-state index contributed by atoms with van der Waals surface area (Å²) in [5, 5.41) is 0. The molecular weight excluding hydrogens is 364 g/mol. The first-order chi connectivity index (χ1) is 12.3. The van der Waals surface area contributed by atoms with Crippen molar-refractivity contribution in [3.05, 3.63) is 53.5 Å². The molecule has 0 N–H and O–H groups in total. The van der Waals surface area contributed by atoms with Crippen molar-refractivity contribution in [3.8, 4) is 5.88 Å². The molecule has 0 bridgehead atoms. The number of rotatable bonds is 5. The van der Waals surface area contributed by atoms with Gasteiger partial charge in [0.25, 0.3) is 0 Å². The summed E-state index contributed by atoms with van der Waals surface area (Å²) in [6.07, 6.45) is 2.50. The summed E-state index contributed by atoms with van der Waals surface area (Å²) in [7, 11) is -3.65. The number of halogens is 2. The van der Waals surface area contributed by atoms with Gasteiger partial charge in [-0.2, -0.15) is 4.98 Å². The van der Waals surface area contributed by atoms with E-state index in [0.29, 0.717) is 30.6 Å². The molecule has 2 aromatic rings. The Morgan fingerprint density at radius 3 is 2.46 bits per heavy atom. The summed E-state index contributed by atoms with van der Waals surface area (Å²) in [5.41, 5.74) is 0.0948. The van der Waals surface area contributed by atoms with E-state index in [4.69, 9.17) is 4.74 Å². The van der Waals surface area contributed by atoms with E-state index in [1.165, 1.54) is 4.31 Å². The minimum atomic E-state index is -3.65. The fourth-order valence-electron chi connectivity index (χ4n) is 2.90. The topological polar surface area (TPSA) is 72.4 Å². The summed E-state index contributed by atoms with van der Waals surface area (Å²) >= 11 is 0. The Balaban J connectivity index is 1.59. The van der Waals surface area contributed by atoms with Crippen LogP contribution in [0.5, 0.6) is 5.88 Å². The predicted octanol–water partition coefficient (Wildman–Crippen LogP) is 2.44. The first-order valence-corrected chi connectivity index (χ1v) is 9.82. The lowest BCUT2D eigenvalue weighted by atomic mass is 10.1. The lowest BCUT2D eigenvalue weighted by Gasteiger charge is -2.31. The lowest BCUT2D eigenvalue weighted by molar-refractivity contribution is 0.129. The summed E-state index contributed by atoms with van der Waals surface area (Å²) < 4.78 is 58.6. The van der Waals surface area contributed by atoms with Crippen LogP contribution in [0, 0.1) is 18.6 Å². The average molecular weight is 383 g/mol. The molecule has 0 saturated carbocycles. The Morgan fingerprint density at radius 1 is 1.19 bits per heavy atom. The molecule has 0 aliphatic carbocycles. The number of aromatic nitrogens is 2. The lowest BCUT2D eigenvalue weighted by Crippen LogP contribution is -2.42. The highest BCUT2D eigenvalue weighted by Crippen LogP contribution is 2.21. The van der Waals surface area contributed by atoms with Crippen LogP contribution in [-0.2, 0) is 15.8 Å². The van der Waals surface area contributed by atoms with Crippen molar-refractivity contribution in [1.29, 1.82) is 0 Å². The van der Waals surface area contributed by atoms with Gasteiger partial charge in [0.2, 0.25) is 15.9 Å². The Bertz CT molecular complexity index is 864. The molecular formula is C17H19F2N3O3S. The van der Waals surface area contributed by atoms with Gasteiger partial charge >= 0.3 is 0 Å². The maximum atomic E-state index is 13.3. The van der Waals surface area contributed by atoms with Gasteiger partial charge in [-0.25, -0.2) is 26.5 Å². The monoisotopic (exact) mass is 383 g/mol. The van der Waals surface area contributed by atoms with E-state index in [9.17, 15) is 17.2 Å². The zero-order valence-corrected chi connectivity index (χ0v) is 15.0. The van der Waals surface area contributed by atoms with Crippen LogP contribution in [0.4, 0.5) is 8.78 Å². The number of benzene rings is 1. The van der Waals surface area contributed by atoms with E-state index >= 15 is 0 Å². The van der Waals surface area contributed by atoms with E-state index in [-0.39, 0.29) is 24.8 Å². The van der Waals surface area contributed by atoms with Gasteiger partial charge in [-0.05, 0) is 37.5 Å². The van der Waals surface area contributed by atoms with E-state index < -0.39 is 27.4 Å². The second-order valence-electron chi connectivity index (χ2n) is 6.19. The van der Waals surface area contributed by atoms with Crippen molar-refractivity contribution in [1.82, 2.24) is 14.3 Å². The SMILES string of the molecule is Cc1nccc(OC2CCN(S(=O)(=O)Cc3cc(F)cc(F)c3)CC2)n1. The van der Waals surface area contributed by atoms with Gasteiger partial charge in [0.1, 0.15) is 23.6 Å². The smallest absolute Gasteiger partial charge is 0.218 e. The fraction of sp³-hybridized carbons (Fsp3) is 0.412. The van der Waals surface area contributed by atoms with Crippen LogP contribution >= 0.6 is 0 Å². The largest absolute Gasteiger partial charge is 0.474 e. The van der Waals surface area contributed by atoms with Crippen molar-refractivity contribution in [2.75, 3.05) is 13.1 Å². The molecule has 1 aliphatic rings. The molecule has 6 nitrogen and oxygen atoms in total. The van der Waals surface area contributed by atoms with Crippen molar-refractivity contribution < 1.29 is 21.9 Å². The van der Waals surface area contributed by atoms with Gasteiger partial charge in [0, 0.05) is 31.4 Å². The van der Waals surface area contributed by atoms with Gasteiger partial charge < -0.3 is 4.74 Å². The third-order valence-electron chi connectivity index (χ3n) is 4.10. The third-order valence-corrected chi connectivity index (χ3v) is 5.95.